The molecule has 0 atom stereocenters. The first-order valence-electron chi connectivity index (χ1n) is 10.2. The van der Waals surface area contributed by atoms with E-state index in [4.69, 9.17) is 0 Å². The maximum Gasteiger partial charge on any atom is 0.223 e. The number of nitrogens with zero attached hydrogens (tertiary/aromatic N) is 1. The molecule has 1 aromatic carbocycles. The van der Waals surface area contributed by atoms with Gasteiger partial charge in [0.1, 0.15) is 0 Å². The third-order valence-corrected chi connectivity index (χ3v) is 7.79. The summed E-state index contributed by atoms with van der Waals surface area (Å²) in [4.78, 5) is 12.4. The summed E-state index contributed by atoms with van der Waals surface area (Å²) < 4.78 is 27.0. The summed E-state index contributed by atoms with van der Waals surface area (Å²) >= 11 is 0. The van der Waals surface area contributed by atoms with E-state index in [1.807, 2.05) is 31.2 Å². The minimum atomic E-state index is -3.33. The van der Waals surface area contributed by atoms with Crippen LogP contribution in [0.4, 0.5) is 0 Å². The third-order valence-electron chi connectivity index (χ3n) is 5.94. The lowest BCUT2D eigenvalue weighted by Crippen LogP contribution is -2.44. The molecule has 3 rings (SSSR count). The molecule has 0 spiro atoms. The Labute approximate surface area is 163 Å². The highest BCUT2D eigenvalue weighted by atomic mass is 32.2. The molecule has 1 saturated heterocycles. The van der Waals surface area contributed by atoms with Gasteiger partial charge in [0.25, 0.3) is 0 Å². The summed E-state index contributed by atoms with van der Waals surface area (Å²) in [6, 6.07) is 7.63. The van der Waals surface area contributed by atoms with Gasteiger partial charge in [-0.1, -0.05) is 49.1 Å². The first-order valence-corrected chi connectivity index (χ1v) is 11.9. The van der Waals surface area contributed by atoms with Crippen molar-refractivity contribution in [2.24, 2.45) is 11.8 Å². The molecule has 27 heavy (non-hydrogen) atoms. The molecule has 0 unspecified atom stereocenters. The number of amides is 1. The normalized spacial score (nSPS) is 20.5. The van der Waals surface area contributed by atoms with E-state index in [2.05, 4.69) is 5.32 Å². The van der Waals surface area contributed by atoms with Gasteiger partial charge in [0, 0.05) is 25.6 Å². The quantitative estimate of drug-likeness (QED) is 0.808. The topological polar surface area (TPSA) is 66.5 Å². The minimum absolute atomic E-state index is 0.0349. The molecule has 0 radical (unpaired) electrons. The fraction of sp³-hybridized carbons (Fsp3) is 0.667. The highest BCUT2D eigenvalue weighted by Crippen LogP contribution is 2.24. The molecule has 0 aromatic heterocycles. The zero-order chi connectivity index (χ0) is 19.3. The Balaban J connectivity index is 1.46. The van der Waals surface area contributed by atoms with Gasteiger partial charge < -0.3 is 5.32 Å². The summed E-state index contributed by atoms with van der Waals surface area (Å²) in [5.41, 5.74) is 1.89. The maximum atomic E-state index is 12.7. The maximum absolute atomic E-state index is 12.7. The Morgan fingerprint density at radius 3 is 2.48 bits per heavy atom. The first kappa shape index (κ1) is 20.3. The summed E-state index contributed by atoms with van der Waals surface area (Å²) in [6.45, 7) is 3.63. The lowest BCUT2D eigenvalue weighted by molar-refractivity contribution is -0.126. The number of nitrogens with one attached hydrogen (secondary N) is 1. The van der Waals surface area contributed by atoms with Crippen LogP contribution in [0.3, 0.4) is 0 Å². The Morgan fingerprint density at radius 1 is 1.11 bits per heavy atom. The smallest absolute Gasteiger partial charge is 0.223 e. The van der Waals surface area contributed by atoms with Gasteiger partial charge in [0.2, 0.25) is 15.9 Å². The van der Waals surface area contributed by atoms with E-state index in [0.717, 1.165) is 17.7 Å². The van der Waals surface area contributed by atoms with Crippen LogP contribution in [0.5, 0.6) is 0 Å². The van der Waals surface area contributed by atoms with E-state index in [-0.39, 0.29) is 17.6 Å². The first-order chi connectivity index (χ1) is 12.9. The summed E-state index contributed by atoms with van der Waals surface area (Å²) in [6.07, 6.45) is 7.54. The van der Waals surface area contributed by atoms with Crippen molar-refractivity contribution in [3.63, 3.8) is 0 Å². The van der Waals surface area contributed by atoms with Crippen molar-refractivity contribution in [3.05, 3.63) is 35.4 Å². The van der Waals surface area contributed by atoms with Crippen LogP contribution in [-0.2, 0) is 20.6 Å². The molecule has 1 amide bonds. The lowest BCUT2D eigenvalue weighted by Gasteiger charge is -2.31. The summed E-state index contributed by atoms with van der Waals surface area (Å²) in [5.74, 6) is 0.709. The van der Waals surface area contributed by atoms with Gasteiger partial charge in [0.05, 0.1) is 5.75 Å². The molecule has 1 aliphatic heterocycles. The number of rotatable bonds is 6. The zero-order valence-electron chi connectivity index (χ0n) is 16.3. The van der Waals surface area contributed by atoms with Crippen molar-refractivity contribution in [2.45, 2.75) is 57.6 Å². The molecule has 1 aromatic rings. The molecule has 150 valence electrons. The highest BCUT2D eigenvalue weighted by molar-refractivity contribution is 7.88. The second kappa shape index (κ2) is 9.20. The predicted molar refractivity (Wildman–Crippen MR) is 108 cm³/mol. The van der Waals surface area contributed by atoms with E-state index < -0.39 is 10.0 Å². The van der Waals surface area contributed by atoms with Gasteiger partial charge in [-0.3, -0.25) is 4.79 Å². The monoisotopic (exact) mass is 392 g/mol. The molecule has 2 aliphatic rings. The second-order valence-electron chi connectivity index (χ2n) is 8.17. The number of hydrogen-bond acceptors (Lipinski definition) is 3. The Bertz CT molecular complexity index is 734. The van der Waals surface area contributed by atoms with Crippen LogP contribution in [0.2, 0.25) is 0 Å². The SMILES string of the molecule is Cc1cccc(CS(=O)(=O)N2CCC(C(=O)NCC3CCCCC3)CC2)c1. The van der Waals surface area contributed by atoms with Crippen LogP contribution in [0.1, 0.15) is 56.1 Å². The number of benzene rings is 1. The van der Waals surface area contributed by atoms with Gasteiger partial charge >= 0.3 is 0 Å². The lowest BCUT2D eigenvalue weighted by atomic mass is 9.89. The van der Waals surface area contributed by atoms with Crippen molar-refractivity contribution in [1.82, 2.24) is 9.62 Å². The van der Waals surface area contributed by atoms with Gasteiger partial charge in [-0.05, 0) is 44.1 Å². The van der Waals surface area contributed by atoms with E-state index in [1.54, 1.807) is 4.31 Å². The number of piperidine rings is 1. The van der Waals surface area contributed by atoms with Crippen LogP contribution in [-0.4, -0.2) is 38.3 Å². The molecule has 6 heteroatoms. The van der Waals surface area contributed by atoms with Crippen LogP contribution in [0.15, 0.2) is 24.3 Å². The van der Waals surface area contributed by atoms with Gasteiger partial charge in [-0.25, -0.2) is 12.7 Å². The molecular formula is C21H32N2O3S. The molecule has 1 aliphatic carbocycles. The van der Waals surface area contributed by atoms with Crippen molar-refractivity contribution in [2.75, 3.05) is 19.6 Å². The largest absolute Gasteiger partial charge is 0.356 e. The average Bonchev–Trinajstić information content (AvgIpc) is 2.67. The standard InChI is InChI=1S/C21H32N2O3S/c1-17-6-5-9-19(14-17)16-27(25,26)23-12-10-20(11-13-23)21(24)22-15-18-7-3-2-4-8-18/h5-6,9,14,18,20H,2-4,7-8,10-13,15-16H2,1H3,(H,22,24). The summed E-state index contributed by atoms with van der Waals surface area (Å²) in [7, 11) is -3.33. The van der Waals surface area contributed by atoms with E-state index in [1.165, 1.54) is 32.1 Å². The fourth-order valence-electron chi connectivity index (χ4n) is 4.28. The highest BCUT2D eigenvalue weighted by Gasteiger charge is 2.31. The van der Waals surface area contributed by atoms with Crippen molar-refractivity contribution in [1.29, 1.82) is 0 Å². The van der Waals surface area contributed by atoms with Crippen LogP contribution in [0, 0.1) is 18.8 Å². The number of aryl methyl sites for hydroxylation is 1. The van der Waals surface area contributed by atoms with E-state index >= 15 is 0 Å². The van der Waals surface area contributed by atoms with Gasteiger partial charge in [-0.15, -0.1) is 0 Å². The van der Waals surface area contributed by atoms with Crippen molar-refractivity contribution in [3.8, 4) is 0 Å². The second-order valence-corrected chi connectivity index (χ2v) is 10.1. The van der Waals surface area contributed by atoms with Crippen LogP contribution >= 0.6 is 0 Å². The summed E-state index contributed by atoms with van der Waals surface area (Å²) in [5, 5.41) is 3.11. The van der Waals surface area contributed by atoms with Gasteiger partial charge in [-0.2, -0.15) is 0 Å². The predicted octanol–water partition coefficient (Wildman–Crippen LogP) is 3.23. The third kappa shape index (κ3) is 5.79. The molecule has 1 N–H and O–H groups in total. The zero-order valence-corrected chi connectivity index (χ0v) is 17.1. The molecule has 2 fully saturated rings. The molecule has 1 saturated carbocycles. The Kier molecular flexibility index (Phi) is 6.93. The van der Waals surface area contributed by atoms with E-state index in [0.29, 0.717) is 31.8 Å². The number of carbonyl (C=O) groups is 1. The molecule has 1 heterocycles. The Hall–Kier alpha value is -1.40. The molecular weight excluding hydrogens is 360 g/mol. The van der Waals surface area contributed by atoms with Crippen LogP contribution in [0.25, 0.3) is 0 Å². The van der Waals surface area contributed by atoms with Gasteiger partial charge in [0.15, 0.2) is 0 Å². The van der Waals surface area contributed by atoms with Crippen molar-refractivity contribution < 1.29 is 13.2 Å². The van der Waals surface area contributed by atoms with Crippen LogP contribution < -0.4 is 5.32 Å². The minimum Gasteiger partial charge on any atom is -0.356 e. The fourth-order valence-corrected chi connectivity index (χ4v) is 5.83. The Morgan fingerprint density at radius 2 is 1.81 bits per heavy atom. The van der Waals surface area contributed by atoms with Crippen molar-refractivity contribution >= 4 is 15.9 Å². The molecule has 0 bridgehead atoms. The number of carbonyl (C=O) groups excluding carboxylic acids is 1. The van der Waals surface area contributed by atoms with E-state index in [9.17, 15) is 13.2 Å². The number of sulfonamides is 1. The molecule has 5 nitrogen and oxygen atoms in total. The average molecular weight is 393 g/mol. The number of hydrogen-bond donors (Lipinski definition) is 1.